The number of nitrogens with two attached hydrogens (primary N) is 1. The van der Waals surface area contributed by atoms with Gasteiger partial charge in [0.05, 0.1) is 32.0 Å². The van der Waals surface area contributed by atoms with E-state index < -0.39 is 24.4 Å². The fraction of sp³-hybridized carbons (Fsp3) is 0.688. The molecule has 26 heavy (non-hydrogen) atoms. The van der Waals surface area contributed by atoms with Crippen LogP contribution in [0.15, 0.2) is 11.1 Å². The van der Waals surface area contributed by atoms with E-state index in [1.165, 1.54) is 0 Å². The third kappa shape index (κ3) is 3.32. The van der Waals surface area contributed by atoms with Crippen LogP contribution in [0, 0.1) is 5.92 Å². The first-order valence-electron chi connectivity index (χ1n) is 8.46. The van der Waals surface area contributed by atoms with Crippen LogP contribution in [0.3, 0.4) is 0 Å². The van der Waals surface area contributed by atoms with Crippen LogP contribution in [-0.4, -0.2) is 55.8 Å². The Morgan fingerprint density at radius 2 is 2.19 bits per heavy atom. The Balaban J connectivity index is 1.97. The summed E-state index contributed by atoms with van der Waals surface area (Å²) in [4.78, 5) is 18.8. The number of hydrogen-bond donors (Lipinski definition) is 4. The van der Waals surface area contributed by atoms with Crippen molar-refractivity contribution in [2.24, 2.45) is 13.0 Å². The first-order valence-corrected chi connectivity index (χ1v) is 8.46. The predicted molar refractivity (Wildman–Crippen MR) is 92.1 cm³/mol. The molecule has 2 aromatic heterocycles. The zero-order valence-corrected chi connectivity index (χ0v) is 15.3. The second kappa shape index (κ2) is 6.62. The summed E-state index contributed by atoms with van der Waals surface area (Å²) >= 11 is 0. The van der Waals surface area contributed by atoms with Gasteiger partial charge in [-0.15, -0.1) is 0 Å². The number of nitrogens with one attached hydrogen (secondary N) is 1. The molecule has 144 valence electrons. The number of hydrogen-bond acceptors (Lipinski definition) is 7. The molecule has 0 radical (unpaired) electrons. The van der Waals surface area contributed by atoms with Gasteiger partial charge in [-0.25, -0.2) is 4.57 Å². The monoisotopic (exact) mass is 368 g/mol. The highest BCUT2D eigenvalue weighted by molar-refractivity contribution is 5.66. The highest BCUT2D eigenvalue weighted by Crippen LogP contribution is 2.35. The zero-order chi connectivity index (χ0) is 19.2. The lowest BCUT2D eigenvalue weighted by molar-refractivity contribution is -0.646. The number of aliphatic hydroxyl groups excluding tert-OH is 2. The summed E-state index contributed by atoms with van der Waals surface area (Å²) in [6.45, 7) is 5.73. The van der Waals surface area contributed by atoms with E-state index in [-0.39, 0.29) is 30.3 Å². The molecule has 0 aliphatic carbocycles. The first-order chi connectivity index (χ1) is 12.1. The Bertz CT molecular complexity index is 855. The smallest absolute Gasteiger partial charge is 0.304 e. The molecule has 1 aliphatic rings. The Morgan fingerprint density at radius 3 is 2.81 bits per heavy atom. The zero-order valence-electron chi connectivity index (χ0n) is 15.3. The van der Waals surface area contributed by atoms with Gasteiger partial charge in [0.25, 0.3) is 11.2 Å². The number of fused-ring (bicyclic) bond motifs is 1. The van der Waals surface area contributed by atoms with Crippen LogP contribution in [-0.2, 0) is 16.5 Å². The maximum absolute atomic E-state index is 12.2. The molecule has 0 amide bonds. The van der Waals surface area contributed by atoms with Crippen LogP contribution in [0.25, 0.3) is 11.2 Å². The highest BCUT2D eigenvalue weighted by atomic mass is 16.6. The van der Waals surface area contributed by atoms with Gasteiger partial charge in [-0.3, -0.25) is 9.78 Å². The lowest BCUT2D eigenvalue weighted by Gasteiger charge is -2.24. The van der Waals surface area contributed by atoms with E-state index >= 15 is 0 Å². The summed E-state index contributed by atoms with van der Waals surface area (Å²) in [6.07, 6.45) is -0.701. The predicted octanol–water partition coefficient (Wildman–Crippen LogP) is -1.19. The van der Waals surface area contributed by atoms with Crippen molar-refractivity contribution in [3.8, 4) is 0 Å². The van der Waals surface area contributed by atoms with Gasteiger partial charge in [-0.1, -0.05) is 0 Å². The minimum Gasteiger partial charge on any atom is -0.396 e. The quantitative estimate of drug-likeness (QED) is 0.498. The van der Waals surface area contributed by atoms with Crippen molar-refractivity contribution >= 4 is 17.1 Å². The number of ether oxygens (including phenoxy) is 2. The lowest BCUT2D eigenvalue weighted by atomic mass is 9.99. The molecule has 0 bridgehead atoms. The first kappa shape index (κ1) is 18.8. The molecule has 10 nitrogen and oxygen atoms in total. The number of nitrogen functional groups attached to an aromatic ring is 1. The minimum atomic E-state index is -0.994. The van der Waals surface area contributed by atoms with E-state index in [0.29, 0.717) is 11.2 Å². The molecule has 0 saturated carbocycles. The molecular weight excluding hydrogens is 342 g/mol. The van der Waals surface area contributed by atoms with Crippen LogP contribution < -0.4 is 15.9 Å². The third-order valence-electron chi connectivity index (χ3n) is 4.48. The van der Waals surface area contributed by atoms with E-state index in [1.54, 1.807) is 22.5 Å². The Labute approximate surface area is 150 Å². The van der Waals surface area contributed by atoms with Gasteiger partial charge in [-0.05, 0) is 20.8 Å². The molecule has 0 aromatic carbocycles. The maximum Gasteiger partial charge on any atom is 0.304 e. The second-order valence-corrected chi connectivity index (χ2v) is 7.58. The summed E-state index contributed by atoms with van der Waals surface area (Å²) in [5.74, 6) is -0.550. The number of nitrogens with zero attached hydrogens (tertiary/aromatic N) is 3. The van der Waals surface area contributed by atoms with Crippen LogP contribution in [0.1, 0.15) is 27.0 Å². The highest BCUT2D eigenvalue weighted by Gasteiger charge is 2.48. The number of aliphatic hydroxyl groups is 2. The lowest BCUT2D eigenvalue weighted by Crippen LogP contribution is -2.34. The van der Waals surface area contributed by atoms with Crippen molar-refractivity contribution in [3.63, 3.8) is 0 Å². The van der Waals surface area contributed by atoms with Crippen molar-refractivity contribution < 1.29 is 24.3 Å². The number of aromatic amines is 1. The molecule has 4 unspecified atom stereocenters. The summed E-state index contributed by atoms with van der Waals surface area (Å²) < 4.78 is 14.9. The van der Waals surface area contributed by atoms with Gasteiger partial charge in [0, 0.05) is 5.92 Å². The molecular formula is C16H26N5O5+. The standard InChI is InChI=1S/C16H25N5O5/c1-16(2,3)25-6-9-8(5-22)11(23)14(26-9)21-7-20(4)10-12(21)18-15(17)19-13(10)24/h7-9,11,14,22-23H,5-6H2,1-4H3,(H2-,17,18,19,24)/p+1. The van der Waals surface area contributed by atoms with Crippen molar-refractivity contribution in [3.05, 3.63) is 16.7 Å². The van der Waals surface area contributed by atoms with Crippen LogP contribution in [0.4, 0.5) is 5.95 Å². The molecule has 10 heteroatoms. The number of H-pyrrole nitrogens is 1. The van der Waals surface area contributed by atoms with Crippen molar-refractivity contribution in [2.75, 3.05) is 18.9 Å². The molecule has 5 N–H and O–H groups in total. The topological polar surface area (TPSA) is 140 Å². The van der Waals surface area contributed by atoms with E-state index in [2.05, 4.69) is 9.97 Å². The second-order valence-electron chi connectivity index (χ2n) is 7.58. The Hall–Kier alpha value is -2.01. The molecule has 3 rings (SSSR count). The van der Waals surface area contributed by atoms with Gasteiger partial charge < -0.3 is 25.4 Å². The number of rotatable bonds is 4. The number of aromatic nitrogens is 4. The summed E-state index contributed by atoms with van der Waals surface area (Å²) in [6, 6.07) is 0. The van der Waals surface area contributed by atoms with Crippen molar-refractivity contribution in [1.82, 2.24) is 14.5 Å². The van der Waals surface area contributed by atoms with Crippen LogP contribution in [0.5, 0.6) is 0 Å². The van der Waals surface area contributed by atoms with E-state index in [0.717, 1.165) is 0 Å². The Morgan fingerprint density at radius 1 is 1.50 bits per heavy atom. The van der Waals surface area contributed by atoms with Crippen molar-refractivity contribution in [2.45, 2.75) is 44.8 Å². The maximum atomic E-state index is 12.2. The van der Waals surface area contributed by atoms with Gasteiger partial charge in [-0.2, -0.15) is 9.55 Å². The van der Waals surface area contributed by atoms with Gasteiger partial charge in [0.1, 0.15) is 6.10 Å². The van der Waals surface area contributed by atoms with E-state index in [4.69, 9.17) is 15.2 Å². The third-order valence-corrected chi connectivity index (χ3v) is 4.48. The molecule has 0 spiro atoms. The van der Waals surface area contributed by atoms with E-state index in [9.17, 15) is 15.0 Å². The summed E-state index contributed by atoms with van der Waals surface area (Å²) in [5, 5.41) is 20.4. The van der Waals surface area contributed by atoms with Crippen LogP contribution >= 0.6 is 0 Å². The summed E-state index contributed by atoms with van der Waals surface area (Å²) in [5.41, 5.74) is 5.51. The van der Waals surface area contributed by atoms with Gasteiger partial charge in [0.2, 0.25) is 18.5 Å². The minimum absolute atomic E-state index is 0.0266. The van der Waals surface area contributed by atoms with Crippen molar-refractivity contribution in [1.29, 1.82) is 0 Å². The number of aryl methyl sites for hydroxylation is 1. The van der Waals surface area contributed by atoms with Crippen LogP contribution in [0.2, 0.25) is 0 Å². The SMILES string of the molecule is C[n+]1cn(C2OC(COC(C)(C)C)C(CO)C2O)c2nc(N)[nH]c(=O)c21. The average Bonchev–Trinajstić information content (AvgIpc) is 3.01. The summed E-state index contributed by atoms with van der Waals surface area (Å²) in [7, 11) is 1.69. The normalized spacial score (nSPS) is 26.7. The molecule has 3 heterocycles. The van der Waals surface area contributed by atoms with Gasteiger partial charge in [0.15, 0.2) is 0 Å². The molecule has 4 atom stereocenters. The number of anilines is 1. The fourth-order valence-corrected chi connectivity index (χ4v) is 3.20. The average molecular weight is 368 g/mol. The molecule has 1 fully saturated rings. The molecule has 1 saturated heterocycles. The molecule has 2 aromatic rings. The fourth-order valence-electron chi connectivity index (χ4n) is 3.20. The largest absolute Gasteiger partial charge is 0.396 e. The Kier molecular flexibility index (Phi) is 4.78. The number of imidazole rings is 1. The van der Waals surface area contributed by atoms with Gasteiger partial charge >= 0.3 is 5.56 Å². The molecule has 1 aliphatic heterocycles. The van der Waals surface area contributed by atoms with E-state index in [1.807, 2.05) is 20.8 Å².